The fourth-order valence-electron chi connectivity index (χ4n) is 2.70. The first-order chi connectivity index (χ1) is 9.89. The number of nitrogens with two attached hydrogens (primary N) is 1. The van der Waals surface area contributed by atoms with Gasteiger partial charge >= 0.3 is 6.36 Å². The maximum Gasteiger partial charge on any atom is 0.573 e. The van der Waals surface area contributed by atoms with E-state index in [4.69, 9.17) is 5.73 Å². The molecule has 1 aromatic rings. The maximum atomic E-state index is 12.5. The molecule has 118 valence electrons. The van der Waals surface area contributed by atoms with Gasteiger partial charge in [0.15, 0.2) is 5.75 Å². The van der Waals surface area contributed by atoms with Gasteiger partial charge < -0.3 is 15.8 Å². The molecule has 3 N–H and O–H groups in total. The van der Waals surface area contributed by atoms with Crippen LogP contribution < -0.4 is 15.8 Å². The Morgan fingerprint density at radius 3 is 2.67 bits per heavy atom. The van der Waals surface area contributed by atoms with Crippen LogP contribution in [0, 0.1) is 5.92 Å². The first kappa shape index (κ1) is 16.4. The fourth-order valence-corrected chi connectivity index (χ4v) is 3.04. The molecule has 21 heavy (non-hydrogen) atoms. The van der Waals surface area contributed by atoms with Crippen LogP contribution >= 0.6 is 15.9 Å². The number of nitrogens with one attached hydrogen (secondary N) is 1. The monoisotopic (exact) mass is 366 g/mol. The summed E-state index contributed by atoms with van der Waals surface area (Å²) >= 11 is 3.16. The molecule has 1 aliphatic rings. The van der Waals surface area contributed by atoms with Crippen molar-refractivity contribution in [3.8, 4) is 5.75 Å². The number of rotatable bonds is 4. The molecule has 0 saturated heterocycles. The minimum absolute atomic E-state index is 0.0838. The minimum atomic E-state index is -4.71. The second kappa shape index (κ2) is 6.87. The topological polar surface area (TPSA) is 47.3 Å². The van der Waals surface area contributed by atoms with E-state index in [1.54, 1.807) is 12.1 Å². The van der Waals surface area contributed by atoms with E-state index in [-0.39, 0.29) is 17.7 Å². The van der Waals surface area contributed by atoms with Gasteiger partial charge in [-0.1, -0.05) is 28.8 Å². The lowest BCUT2D eigenvalue weighted by Crippen LogP contribution is -2.37. The van der Waals surface area contributed by atoms with Crippen LogP contribution in [0.1, 0.15) is 25.7 Å². The Morgan fingerprint density at radius 1 is 1.29 bits per heavy atom. The Labute approximate surface area is 130 Å². The van der Waals surface area contributed by atoms with Gasteiger partial charge in [-0.2, -0.15) is 0 Å². The summed E-state index contributed by atoms with van der Waals surface area (Å²) in [5.74, 6) is 0.0550. The number of ether oxygens (including phenoxy) is 1. The van der Waals surface area contributed by atoms with E-state index in [1.165, 1.54) is 6.07 Å². The van der Waals surface area contributed by atoms with Crippen LogP contribution in [-0.2, 0) is 0 Å². The Bertz CT molecular complexity index is 482. The lowest BCUT2D eigenvalue weighted by Gasteiger charge is -2.32. The summed E-state index contributed by atoms with van der Waals surface area (Å²) in [5, 5.41) is 3.17. The molecule has 2 atom stereocenters. The molecule has 0 radical (unpaired) electrons. The van der Waals surface area contributed by atoms with Crippen LogP contribution in [0.25, 0.3) is 0 Å². The van der Waals surface area contributed by atoms with Crippen molar-refractivity contribution in [2.75, 3.05) is 11.9 Å². The van der Waals surface area contributed by atoms with Crippen LogP contribution in [-0.4, -0.2) is 18.9 Å². The molecule has 1 aromatic carbocycles. The molecule has 2 rings (SSSR count). The van der Waals surface area contributed by atoms with Gasteiger partial charge in [0.05, 0.1) is 5.69 Å². The zero-order chi connectivity index (χ0) is 15.5. The van der Waals surface area contributed by atoms with Gasteiger partial charge in [0, 0.05) is 10.5 Å². The standard InChI is InChI=1S/C14H18BrF3N2O/c15-10-5-6-12(13(7-10)21-14(16,17)18)20-11-4-2-1-3-9(11)8-19/h5-7,9,11,20H,1-4,8,19H2. The third kappa shape index (κ3) is 4.78. The van der Waals surface area contributed by atoms with Crippen molar-refractivity contribution >= 4 is 21.6 Å². The largest absolute Gasteiger partial charge is 0.573 e. The van der Waals surface area contributed by atoms with Gasteiger partial charge in [-0.05, 0) is 43.5 Å². The molecule has 3 nitrogen and oxygen atoms in total. The first-order valence-corrected chi connectivity index (χ1v) is 7.70. The molecular weight excluding hydrogens is 349 g/mol. The van der Waals surface area contributed by atoms with Gasteiger partial charge in [0.2, 0.25) is 0 Å². The van der Waals surface area contributed by atoms with Gasteiger partial charge in [-0.3, -0.25) is 0 Å². The van der Waals surface area contributed by atoms with Crippen molar-refractivity contribution in [3.63, 3.8) is 0 Å². The van der Waals surface area contributed by atoms with Gasteiger partial charge in [-0.25, -0.2) is 0 Å². The zero-order valence-electron chi connectivity index (χ0n) is 11.4. The Balaban J connectivity index is 2.18. The van der Waals surface area contributed by atoms with Crippen LogP contribution in [0.3, 0.4) is 0 Å². The lowest BCUT2D eigenvalue weighted by atomic mass is 9.84. The zero-order valence-corrected chi connectivity index (χ0v) is 13.0. The minimum Gasteiger partial charge on any atom is -0.404 e. The highest BCUT2D eigenvalue weighted by Gasteiger charge is 2.33. The summed E-state index contributed by atoms with van der Waals surface area (Å²) in [6, 6.07) is 4.68. The van der Waals surface area contributed by atoms with Crippen molar-refractivity contribution in [1.82, 2.24) is 0 Å². The van der Waals surface area contributed by atoms with E-state index in [2.05, 4.69) is 26.0 Å². The van der Waals surface area contributed by atoms with Crippen LogP contribution in [0.5, 0.6) is 5.75 Å². The Kier molecular flexibility index (Phi) is 5.37. The molecule has 0 bridgehead atoms. The number of hydrogen-bond acceptors (Lipinski definition) is 3. The normalized spacial score (nSPS) is 22.9. The van der Waals surface area contributed by atoms with Crippen LogP contribution in [0.4, 0.5) is 18.9 Å². The molecule has 2 unspecified atom stereocenters. The molecule has 7 heteroatoms. The van der Waals surface area contributed by atoms with E-state index in [9.17, 15) is 13.2 Å². The SMILES string of the molecule is NCC1CCCCC1Nc1ccc(Br)cc1OC(F)(F)F. The summed E-state index contributed by atoms with van der Waals surface area (Å²) in [7, 11) is 0. The molecule has 0 aromatic heterocycles. The van der Waals surface area contributed by atoms with Crippen molar-refractivity contribution in [2.45, 2.75) is 38.1 Å². The summed E-state index contributed by atoms with van der Waals surface area (Å²) in [4.78, 5) is 0. The Hall–Kier alpha value is -0.950. The highest BCUT2D eigenvalue weighted by molar-refractivity contribution is 9.10. The Morgan fingerprint density at radius 2 is 2.00 bits per heavy atom. The van der Waals surface area contributed by atoms with E-state index >= 15 is 0 Å². The van der Waals surface area contributed by atoms with E-state index < -0.39 is 6.36 Å². The van der Waals surface area contributed by atoms with Crippen molar-refractivity contribution < 1.29 is 17.9 Å². The number of halogens is 4. The second-order valence-electron chi connectivity index (χ2n) is 5.22. The van der Waals surface area contributed by atoms with E-state index in [0.29, 0.717) is 16.7 Å². The first-order valence-electron chi connectivity index (χ1n) is 6.91. The number of hydrogen-bond donors (Lipinski definition) is 2. The number of alkyl halides is 3. The summed E-state index contributed by atoms with van der Waals surface area (Å²) in [6.45, 7) is 0.531. The van der Waals surface area contributed by atoms with Gasteiger partial charge in [-0.15, -0.1) is 13.2 Å². The quantitative estimate of drug-likeness (QED) is 0.835. The maximum absolute atomic E-state index is 12.5. The van der Waals surface area contributed by atoms with E-state index in [1.807, 2.05) is 0 Å². The predicted octanol–water partition coefficient (Wildman–Crippen LogP) is 4.28. The van der Waals surface area contributed by atoms with Gasteiger partial charge in [0.25, 0.3) is 0 Å². The smallest absolute Gasteiger partial charge is 0.404 e. The highest BCUT2D eigenvalue weighted by atomic mass is 79.9. The van der Waals surface area contributed by atoms with Crippen molar-refractivity contribution in [1.29, 1.82) is 0 Å². The highest BCUT2D eigenvalue weighted by Crippen LogP contribution is 2.35. The van der Waals surface area contributed by atoms with Crippen LogP contribution in [0.2, 0.25) is 0 Å². The molecule has 0 amide bonds. The third-order valence-corrected chi connectivity index (χ3v) is 4.22. The summed E-state index contributed by atoms with van der Waals surface area (Å²) in [6.07, 6.45) is -0.632. The predicted molar refractivity (Wildman–Crippen MR) is 79.2 cm³/mol. The van der Waals surface area contributed by atoms with Crippen molar-refractivity contribution in [3.05, 3.63) is 22.7 Å². The van der Waals surface area contributed by atoms with E-state index in [0.717, 1.165) is 25.7 Å². The average molecular weight is 367 g/mol. The molecule has 0 heterocycles. The number of benzene rings is 1. The molecule has 0 aliphatic heterocycles. The fraction of sp³-hybridized carbons (Fsp3) is 0.571. The number of anilines is 1. The summed E-state index contributed by atoms with van der Waals surface area (Å²) < 4.78 is 42.1. The molecule has 1 fully saturated rings. The molecular formula is C14H18BrF3N2O. The van der Waals surface area contributed by atoms with Crippen molar-refractivity contribution in [2.24, 2.45) is 11.7 Å². The molecule has 1 saturated carbocycles. The lowest BCUT2D eigenvalue weighted by molar-refractivity contribution is -0.274. The molecule has 1 aliphatic carbocycles. The second-order valence-corrected chi connectivity index (χ2v) is 6.14. The van der Waals surface area contributed by atoms with Crippen LogP contribution in [0.15, 0.2) is 22.7 Å². The third-order valence-electron chi connectivity index (χ3n) is 3.72. The summed E-state index contributed by atoms with van der Waals surface area (Å²) in [5.41, 5.74) is 6.10. The average Bonchev–Trinajstić information content (AvgIpc) is 2.40. The van der Waals surface area contributed by atoms with Gasteiger partial charge in [0.1, 0.15) is 0 Å². The molecule has 0 spiro atoms.